The van der Waals surface area contributed by atoms with Crippen molar-refractivity contribution in [1.82, 2.24) is 4.98 Å². The Morgan fingerprint density at radius 3 is 2.41 bits per heavy atom. The summed E-state index contributed by atoms with van der Waals surface area (Å²) in [4.78, 5) is 5.88. The van der Waals surface area contributed by atoms with E-state index >= 15 is 0 Å². The minimum absolute atomic E-state index is 0.250. The van der Waals surface area contributed by atoms with Crippen LogP contribution in [0.15, 0.2) is 24.3 Å². The van der Waals surface area contributed by atoms with Crippen LogP contribution in [0.25, 0.3) is 0 Å². The molecule has 1 heterocycles. The lowest BCUT2D eigenvalue weighted by molar-refractivity contribution is 0.837. The van der Waals surface area contributed by atoms with E-state index in [1.807, 2.05) is 0 Å². The highest BCUT2D eigenvalue weighted by molar-refractivity contribution is 14.1. The average Bonchev–Trinajstić information content (AvgIpc) is 2.61. The Kier molecular flexibility index (Phi) is 4.04. The van der Waals surface area contributed by atoms with Gasteiger partial charge in [-0.3, -0.25) is 0 Å². The van der Waals surface area contributed by atoms with Crippen LogP contribution in [0.2, 0.25) is 0 Å². The Hall–Kier alpha value is -0.620. The number of thiazole rings is 1. The number of rotatable bonds is 3. The van der Waals surface area contributed by atoms with E-state index in [1.165, 1.54) is 8.45 Å². The summed E-state index contributed by atoms with van der Waals surface area (Å²) in [6.45, 7) is 6.34. The maximum Gasteiger partial charge on any atom is 0.0901 e. The number of aromatic nitrogens is 1. The first kappa shape index (κ1) is 12.8. The van der Waals surface area contributed by atoms with E-state index in [0.29, 0.717) is 0 Å². The molecular weight excluding hydrogens is 343 g/mol. The van der Waals surface area contributed by atoms with Crippen molar-refractivity contribution in [3.8, 4) is 0 Å². The van der Waals surface area contributed by atoms with Crippen LogP contribution >= 0.6 is 33.9 Å². The van der Waals surface area contributed by atoms with Crippen molar-refractivity contribution in [3.05, 3.63) is 43.4 Å². The molecule has 90 valence electrons. The monoisotopic (exact) mass is 358 g/mol. The lowest BCUT2D eigenvalue weighted by Crippen LogP contribution is -2.08. The largest absolute Gasteiger partial charge is 0.377 e. The molecule has 0 aliphatic carbocycles. The third-order valence-corrected chi connectivity index (χ3v) is 4.20. The Bertz CT molecular complexity index is 505. The Balaban J connectivity index is 2.14. The van der Waals surface area contributed by atoms with Crippen molar-refractivity contribution in [2.75, 3.05) is 5.32 Å². The fourth-order valence-electron chi connectivity index (χ4n) is 1.81. The van der Waals surface area contributed by atoms with Crippen molar-refractivity contribution in [2.24, 2.45) is 0 Å². The molecule has 2 rings (SSSR count). The van der Waals surface area contributed by atoms with Crippen LogP contribution in [0.5, 0.6) is 0 Å². The van der Waals surface area contributed by atoms with E-state index in [-0.39, 0.29) is 6.04 Å². The summed E-state index contributed by atoms with van der Waals surface area (Å²) >= 11 is 4.07. The minimum Gasteiger partial charge on any atom is -0.377 e. The molecule has 4 heteroatoms. The predicted molar refractivity (Wildman–Crippen MR) is 82.8 cm³/mol. The van der Waals surface area contributed by atoms with Gasteiger partial charge in [0.2, 0.25) is 0 Å². The summed E-state index contributed by atoms with van der Waals surface area (Å²) in [6.07, 6.45) is 0. The lowest BCUT2D eigenvalue weighted by atomic mass is 10.2. The van der Waals surface area contributed by atoms with Gasteiger partial charge in [0.1, 0.15) is 0 Å². The molecule has 0 aliphatic rings. The van der Waals surface area contributed by atoms with Crippen molar-refractivity contribution >= 4 is 39.6 Å². The number of hydrogen-bond donors (Lipinski definition) is 1. The van der Waals surface area contributed by atoms with Gasteiger partial charge in [-0.2, -0.15) is 0 Å². The molecule has 17 heavy (non-hydrogen) atoms. The summed E-state index contributed by atoms with van der Waals surface area (Å²) in [5.41, 5.74) is 2.30. The Morgan fingerprint density at radius 2 is 1.88 bits per heavy atom. The highest BCUT2D eigenvalue weighted by atomic mass is 127. The van der Waals surface area contributed by atoms with Gasteiger partial charge >= 0.3 is 0 Å². The summed E-state index contributed by atoms with van der Waals surface area (Å²) in [5, 5.41) is 4.61. The van der Waals surface area contributed by atoms with Crippen LogP contribution in [0.3, 0.4) is 0 Å². The SMILES string of the molecule is Cc1nc(C(C)Nc2ccc(I)cc2)c(C)s1. The fraction of sp³-hybridized carbons (Fsp3) is 0.308. The summed E-state index contributed by atoms with van der Waals surface area (Å²) in [5.74, 6) is 0. The van der Waals surface area contributed by atoms with Gasteiger partial charge in [-0.15, -0.1) is 11.3 Å². The second-order valence-corrected chi connectivity index (χ2v) is 6.70. The van der Waals surface area contributed by atoms with E-state index in [0.717, 1.165) is 16.4 Å². The third kappa shape index (κ3) is 3.19. The summed E-state index contributed by atoms with van der Waals surface area (Å²) in [7, 11) is 0. The quantitative estimate of drug-likeness (QED) is 0.815. The molecule has 2 nitrogen and oxygen atoms in total. The first-order chi connectivity index (χ1) is 8.06. The molecule has 1 unspecified atom stereocenters. The predicted octanol–water partition coefficient (Wildman–Crippen LogP) is 4.54. The zero-order chi connectivity index (χ0) is 12.4. The average molecular weight is 358 g/mol. The molecule has 0 bridgehead atoms. The van der Waals surface area contributed by atoms with Gasteiger partial charge < -0.3 is 5.32 Å². The molecule has 0 spiro atoms. The van der Waals surface area contributed by atoms with Crippen LogP contribution in [0, 0.1) is 17.4 Å². The normalized spacial score (nSPS) is 12.5. The Labute approximate surface area is 120 Å². The van der Waals surface area contributed by atoms with Gasteiger partial charge in [-0.25, -0.2) is 4.98 Å². The van der Waals surface area contributed by atoms with Crippen molar-refractivity contribution in [2.45, 2.75) is 26.8 Å². The molecule has 2 aromatic rings. The number of anilines is 1. The van der Waals surface area contributed by atoms with E-state index in [9.17, 15) is 0 Å². The molecular formula is C13H15IN2S. The first-order valence-corrected chi connectivity index (χ1v) is 7.42. The summed E-state index contributed by atoms with van der Waals surface area (Å²) < 4.78 is 1.25. The molecule has 0 saturated heterocycles. The highest BCUT2D eigenvalue weighted by Gasteiger charge is 2.12. The smallest absolute Gasteiger partial charge is 0.0901 e. The molecule has 0 saturated carbocycles. The van der Waals surface area contributed by atoms with Gasteiger partial charge in [0.05, 0.1) is 16.7 Å². The first-order valence-electron chi connectivity index (χ1n) is 5.52. The van der Waals surface area contributed by atoms with Crippen molar-refractivity contribution in [1.29, 1.82) is 0 Å². The molecule has 0 fully saturated rings. The van der Waals surface area contributed by atoms with Gasteiger partial charge in [-0.1, -0.05) is 0 Å². The zero-order valence-electron chi connectivity index (χ0n) is 10.1. The molecule has 1 aromatic carbocycles. The van der Waals surface area contributed by atoms with Crippen LogP contribution in [-0.4, -0.2) is 4.98 Å². The Morgan fingerprint density at radius 1 is 1.24 bits per heavy atom. The van der Waals surface area contributed by atoms with E-state index in [1.54, 1.807) is 11.3 Å². The molecule has 1 N–H and O–H groups in total. The number of hydrogen-bond acceptors (Lipinski definition) is 3. The van der Waals surface area contributed by atoms with Crippen LogP contribution in [0.4, 0.5) is 5.69 Å². The molecule has 0 radical (unpaired) electrons. The molecule has 0 amide bonds. The second-order valence-electron chi connectivity index (χ2n) is 4.05. The van der Waals surface area contributed by atoms with Gasteiger partial charge in [0.25, 0.3) is 0 Å². The maximum atomic E-state index is 4.58. The van der Waals surface area contributed by atoms with Crippen LogP contribution in [0.1, 0.15) is 28.5 Å². The third-order valence-electron chi connectivity index (χ3n) is 2.58. The lowest BCUT2D eigenvalue weighted by Gasteiger charge is -2.14. The van der Waals surface area contributed by atoms with Gasteiger partial charge in [0.15, 0.2) is 0 Å². The number of aryl methyl sites for hydroxylation is 2. The van der Waals surface area contributed by atoms with E-state index in [4.69, 9.17) is 0 Å². The number of halogens is 1. The standard InChI is InChI=1S/C13H15IN2S/c1-8(13-9(2)17-10(3)16-13)15-12-6-4-11(14)5-7-12/h4-8,15H,1-3H3. The number of nitrogens with one attached hydrogen (secondary N) is 1. The van der Waals surface area contributed by atoms with Gasteiger partial charge in [0, 0.05) is 14.1 Å². The molecule has 0 aliphatic heterocycles. The number of benzene rings is 1. The summed E-state index contributed by atoms with van der Waals surface area (Å²) in [6, 6.07) is 8.67. The highest BCUT2D eigenvalue weighted by Crippen LogP contribution is 2.25. The fourth-order valence-corrected chi connectivity index (χ4v) is 3.08. The van der Waals surface area contributed by atoms with Crippen molar-refractivity contribution in [3.63, 3.8) is 0 Å². The van der Waals surface area contributed by atoms with Crippen LogP contribution < -0.4 is 5.32 Å². The second kappa shape index (κ2) is 5.35. The maximum absolute atomic E-state index is 4.58. The van der Waals surface area contributed by atoms with Gasteiger partial charge in [-0.05, 0) is 67.6 Å². The minimum atomic E-state index is 0.250. The van der Waals surface area contributed by atoms with E-state index < -0.39 is 0 Å². The van der Waals surface area contributed by atoms with Crippen LogP contribution in [-0.2, 0) is 0 Å². The van der Waals surface area contributed by atoms with E-state index in [2.05, 4.69) is 77.9 Å². The number of nitrogens with zero attached hydrogens (tertiary/aromatic N) is 1. The molecule has 1 atom stereocenters. The van der Waals surface area contributed by atoms with Crippen molar-refractivity contribution < 1.29 is 0 Å². The topological polar surface area (TPSA) is 24.9 Å². The molecule has 1 aromatic heterocycles. The zero-order valence-corrected chi connectivity index (χ0v) is 13.1.